The van der Waals surface area contributed by atoms with Crippen LogP contribution < -0.4 is 0 Å². The molecule has 0 amide bonds. The summed E-state index contributed by atoms with van der Waals surface area (Å²) in [4.78, 5) is 0. The van der Waals surface area contributed by atoms with Gasteiger partial charge in [0.15, 0.2) is 0 Å². The van der Waals surface area contributed by atoms with Crippen LogP contribution in [0, 0.1) is 0 Å². The number of unbranched alkanes of at least 4 members (excludes halogenated alkanes) is 2. The molecule has 0 bridgehead atoms. The highest BCUT2D eigenvalue weighted by Gasteiger charge is 2.20. The Morgan fingerprint density at radius 3 is 1.50 bits per heavy atom. The Hall–Kier alpha value is 0.492. The van der Waals surface area contributed by atoms with Crippen LogP contribution in [-0.2, 0) is 0 Å². The van der Waals surface area contributed by atoms with Crippen LogP contribution in [0.3, 0.4) is 0 Å². The highest BCUT2D eigenvalue weighted by Crippen LogP contribution is 2.09. The molecular weight excluding hydrogens is 185 g/mol. The van der Waals surface area contributed by atoms with Gasteiger partial charge in [0.2, 0.25) is 0 Å². The van der Waals surface area contributed by atoms with Gasteiger partial charge in [0.25, 0.3) is 0 Å². The van der Waals surface area contributed by atoms with Crippen LogP contribution in [0.4, 0.5) is 0 Å². The van der Waals surface area contributed by atoms with E-state index in [1.165, 1.54) is 49.3 Å². The predicted octanol–water partition coefficient (Wildman–Crippen LogP) is 3.92. The number of rotatable bonds is 9. The molecule has 0 aliphatic carbocycles. The quantitative estimate of drug-likeness (QED) is 0.525. The van der Waals surface area contributed by atoms with Gasteiger partial charge in [0.05, 0.1) is 0 Å². The highest BCUT2D eigenvalue weighted by atomic mass is 27.2. The van der Waals surface area contributed by atoms with Crippen molar-refractivity contribution >= 4 is 14.4 Å². The van der Waals surface area contributed by atoms with Crippen molar-refractivity contribution in [1.29, 1.82) is 0 Å². The zero-order chi connectivity index (χ0) is 10.8. The van der Waals surface area contributed by atoms with Crippen molar-refractivity contribution in [3.8, 4) is 0 Å². The highest BCUT2D eigenvalue weighted by molar-refractivity contribution is 6.55. The first-order chi connectivity index (χ1) is 6.79. The van der Waals surface area contributed by atoms with Crippen LogP contribution >= 0.6 is 0 Å². The van der Waals surface area contributed by atoms with Crippen LogP contribution in [0.2, 0.25) is 10.6 Å². The summed E-state index contributed by atoms with van der Waals surface area (Å²) < 4.78 is 2.84. The van der Waals surface area contributed by atoms with Crippen molar-refractivity contribution in [1.82, 2.24) is 3.88 Å². The van der Waals surface area contributed by atoms with Gasteiger partial charge < -0.3 is 3.88 Å². The molecular formula is C12H28AlN. The Morgan fingerprint density at radius 1 is 0.786 bits per heavy atom. The summed E-state index contributed by atoms with van der Waals surface area (Å²) in [5, 5.41) is 2.90. The third-order valence-electron chi connectivity index (χ3n) is 3.06. The maximum absolute atomic E-state index is 2.84. The van der Waals surface area contributed by atoms with E-state index in [2.05, 4.69) is 31.6 Å². The van der Waals surface area contributed by atoms with E-state index in [0.29, 0.717) is 0 Å². The van der Waals surface area contributed by atoms with Crippen LogP contribution in [0.25, 0.3) is 0 Å². The number of hydrogen-bond acceptors (Lipinski definition) is 1. The molecule has 0 fully saturated rings. The van der Waals surface area contributed by atoms with E-state index in [0.717, 1.165) is 0 Å². The Balaban J connectivity index is 3.92. The zero-order valence-corrected chi connectivity index (χ0v) is 11.8. The summed E-state index contributed by atoms with van der Waals surface area (Å²) in [6.07, 6.45) is 5.48. The van der Waals surface area contributed by atoms with E-state index >= 15 is 0 Å². The van der Waals surface area contributed by atoms with Gasteiger partial charge in [-0.3, -0.25) is 0 Å². The predicted molar refractivity (Wildman–Crippen MR) is 68.1 cm³/mol. The average molecular weight is 213 g/mol. The van der Waals surface area contributed by atoms with Crippen LogP contribution in [0.1, 0.15) is 53.4 Å². The van der Waals surface area contributed by atoms with Crippen molar-refractivity contribution in [3.05, 3.63) is 0 Å². The summed E-state index contributed by atoms with van der Waals surface area (Å²) in [7, 11) is 0. The van der Waals surface area contributed by atoms with E-state index in [4.69, 9.17) is 0 Å². The fourth-order valence-electron chi connectivity index (χ4n) is 2.00. The van der Waals surface area contributed by atoms with Gasteiger partial charge in [-0.2, -0.15) is 0 Å². The molecule has 0 saturated heterocycles. The van der Waals surface area contributed by atoms with Crippen LogP contribution in [-0.4, -0.2) is 31.3 Å². The normalized spacial score (nSPS) is 10.9. The molecule has 0 heterocycles. The molecule has 84 valence electrons. The minimum absolute atomic E-state index is 0.537. The van der Waals surface area contributed by atoms with Crippen molar-refractivity contribution in [2.75, 3.05) is 13.1 Å². The SMILES string of the molecule is CCCC[N](CCCC)[Al]([CH2]C)[CH2]C. The van der Waals surface area contributed by atoms with E-state index in [9.17, 15) is 0 Å². The Bertz CT molecular complexity index is 105. The van der Waals surface area contributed by atoms with Gasteiger partial charge in [0, 0.05) is 0 Å². The molecule has 0 atom stereocenters. The monoisotopic (exact) mass is 213 g/mol. The molecule has 0 saturated carbocycles. The summed E-state index contributed by atoms with van der Waals surface area (Å²) in [6.45, 7) is 12.1. The topological polar surface area (TPSA) is 3.24 Å². The lowest BCUT2D eigenvalue weighted by Gasteiger charge is -2.27. The lowest BCUT2D eigenvalue weighted by Crippen LogP contribution is -2.39. The Kier molecular flexibility index (Phi) is 10.4. The lowest BCUT2D eigenvalue weighted by atomic mass is 10.3. The van der Waals surface area contributed by atoms with Crippen LogP contribution in [0.5, 0.6) is 0 Å². The summed E-state index contributed by atoms with van der Waals surface area (Å²) in [5.41, 5.74) is 0. The molecule has 0 N–H and O–H groups in total. The van der Waals surface area contributed by atoms with Crippen molar-refractivity contribution in [2.24, 2.45) is 0 Å². The molecule has 0 aromatic carbocycles. The molecule has 0 aliphatic heterocycles. The first-order valence-electron chi connectivity index (χ1n) is 6.54. The van der Waals surface area contributed by atoms with Crippen LogP contribution in [0.15, 0.2) is 0 Å². The third-order valence-corrected chi connectivity index (χ3v) is 6.49. The maximum Gasteiger partial charge on any atom is 0.372 e. The molecule has 0 spiro atoms. The second-order valence-corrected chi connectivity index (χ2v) is 7.88. The fourth-order valence-corrected chi connectivity index (χ4v) is 4.71. The molecule has 0 radical (unpaired) electrons. The van der Waals surface area contributed by atoms with Gasteiger partial charge >= 0.3 is 14.4 Å². The standard InChI is InChI=1S/C8H18N.2C2H5.Al/c1-3-5-7-9-8-6-4-2;2*1-2;/h3-8H2,1-2H3;2*1H2,2H3;/q-1;;;+1. The fraction of sp³-hybridized carbons (Fsp3) is 1.00. The minimum atomic E-state index is -0.537. The molecule has 0 aromatic rings. The summed E-state index contributed by atoms with van der Waals surface area (Å²) >= 11 is -0.537. The number of nitrogens with zero attached hydrogens (tertiary/aromatic N) is 1. The summed E-state index contributed by atoms with van der Waals surface area (Å²) in [6, 6.07) is 0. The molecule has 0 unspecified atom stereocenters. The second kappa shape index (κ2) is 10.0. The first-order valence-corrected chi connectivity index (χ1v) is 8.68. The van der Waals surface area contributed by atoms with Crippen molar-refractivity contribution in [3.63, 3.8) is 0 Å². The maximum atomic E-state index is 2.84. The average Bonchev–Trinajstić information content (AvgIpc) is 2.22. The molecule has 0 aromatic heterocycles. The van der Waals surface area contributed by atoms with Gasteiger partial charge in [-0.05, 0) is 25.9 Å². The molecule has 0 aliphatic rings. The largest absolute Gasteiger partial charge is 0.385 e. The molecule has 1 nitrogen and oxygen atoms in total. The van der Waals surface area contributed by atoms with Crippen molar-refractivity contribution in [2.45, 2.75) is 63.9 Å². The van der Waals surface area contributed by atoms with E-state index < -0.39 is 14.4 Å². The third kappa shape index (κ3) is 6.07. The minimum Gasteiger partial charge on any atom is -0.385 e. The van der Waals surface area contributed by atoms with E-state index in [-0.39, 0.29) is 0 Å². The lowest BCUT2D eigenvalue weighted by molar-refractivity contribution is 0.407. The number of hydrogen-bond donors (Lipinski definition) is 0. The van der Waals surface area contributed by atoms with E-state index in [1.54, 1.807) is 0 Å². The zero-order valence-electron chi connectivity index (χ0n) is 10.7. The second-order valence-electron chi connectivity index (χ2n) is 4.21. The Morgan fingerprint density at radius 2 is 1.21 bits per heavy atom. The van der Waals surface area contributed by atoms with Gasteiger partial charge in [0.1, 0.15) is 0 Å². The molecule has 0 rings (SSSR count). The van der Waals surface area contributed by atoms with Gasteiger partial charge in [-0.15, -0.1) is 0 Å². The van der Waals surface area contributed by atoms with Crippen molar-refractivity contribution < 1.29 is 0 Å². The molecule has 14 heavy (non-hydrogen) atoms. The molecule has 2 heteroatoms. The van der Waals surface area contributed by atoms with Gasteiger partial charge in [-0.25, -0.2) is 0 Å². The van der Waals surface area contributed by atoms with Gasteiger partial charge in [-0.1, -0.05) is 51.1 Å². The summed E-state index contributed by atoms with van der Waals surface area (Å²) in [5.74, 6) is 0. The van der Waals surface area contributed by atoms with E-state index in [1.807, 2.05) is 0 Å². The smallest absolute Gasteiger partial charge is 0.372 e. The first kappa shape index (κ1) is 14.5. The Labute approximate surface area is 95.5 Å².